The molecular formula is C14H19ClN2O2. The summed E-state index contributed by atoms with van der Waals surface area (Å²) in [6.45, 7) is 2.16. The standard InChI is InChI=1S/C14H19ClN2O2/c1-2-10-5-6-14(16,8-10)9-11-7-12(15)3-4-13(11)17(18)19/h3-4,7,10H,2,5-6,8-9,16H2,1H3. The molecule has 0 aliphatic heterocycles. The van der Waals surface area contributed by atoms with Gasteiger partial charge in [0.1, 0.15) is 0 Å². The molecule has 0 amide bonds. The van der Waals surface area contributed by atoms with E-state index in [0.717, 1.165) is 25.7 Å². The van der Waals surface area contributed by atoms with Gasteiger partial charge in [0, 0.05) is 22.2 Å². The predicted molar refractivity (Wildman–Crippen MR) is 76.4 cm³/mol. The van der Waals surface area contributed by atoms with Gasteiger partial charge < -0.3 is 5.73 Å². The Morgan fingerprint density at radius 2 is 2.32 bits per heavy atom. The van der Waals surface area contributed by atoms with E-state index in [0.29, 0.717) is 22.9 Å². The number of hydrogen-bond acceptors (Lipinski definition) is 3. The number of nitrogens with zero attached hydrogens (tertiary/aromatic N) is 1. The predicted octanol–water partition coefficient (Wildman–Crippen LogP) is 3.70. The van der Waals surface area contributed by atoms with E-state index in [1.165, 1.54) is 6.07 Å². The summed E-state index contributed by atoms with van der Waals surface area (Å²) < 4.78 is 0. The van der Waals surface area contributed by atoms with Crippen molar-refractivity contribution in [2.45, 2.75) is 44.6 Å². The molecule has 0 heterocycles. The van der Waals surface area contributed by atoms with Crippen LogP contribution in [0.4, 0.5) is 5.69 Å². The first-order valence-corrected chi connectivity index (χ1v) is 7.03. The van der Waals surface area contributed by atoms with Crippen LogP contribution in [0.25, 0.3) is 0 Å². The minimum atomic E-state index is -0.360. The quantitative estimate of drug-likeness (QED) is 0.676. The van der Waals surface area contributed by atoms with Gasteiger partial charge in [-0.05, 0) is 43.7 Å². The summed E-state index contributed by atoms with van der Waals surface area (Å²) in [5.74, 6) is 0.642. The van der Waals surface area contributed by atoms with Gasteiger partial charge in [-0.3, -0.25) is 10.1 Å². The van der Waals surface area contributed by atoms with E-state index in [1.54, 1.807) is 12.1 Å². The molecule has 1 aromatic carbocycles. The molecule has 0 radical (unpaired) electrons. The van der Waals surface area contributed by atoms with Crippen molar-refractivity contribution in [1.82, 2.24) is 0 Å². The van der Waals surface area contributed by atoms with Crippen LogP contribution >= 0.6 is 11.6 Å². The van der Waals surface area contributed by atoms with Crippen molar-refractivity contribution >= 4 is 17.3 Å². The second kappa shape index (κ2) is 5.47. The van der Waals surface area contributed by atoms with E-state index in [1.807, 2.05) is 0 Å². The summed E-state index contributed by atoms with van der Waals surface area (Å²) in [7, 11) is 0. The zero-order valence-electron chi connectivity index (χ0n) is 11.1. The van der Waals surface area contributed by atoms with Crippen LogP contribution in [-0.4, -0.2) is 10.5 Å². The summed E-state index contributed by atoms with van der Waals surface area (Å²) in [5.41, 5.74) is 6.86. The Morgan fingerprint density at radius 1 is 1.58 bits per heavy atom. The Kier molecular flexibility index (Phi) is 4.11. The minimum Gasteiger partial charge on any atom is -0.325 e. The minimum absolute atomic E-state index is 0.120. The molecule has 2 atom stereocenters. The van der Waals surface area contributed by atoms with Crippen LogP contribution in [0.15, 0.2) is 18.2 Å². The second-order valence-corrected chi connectivity index (χ2v) is 6.02. The van der Waals surface area contributed by atoms with Gasteiger partial charge in [0.25, 0.3) is 5.69 Å². The number of nitro benzene ring substituents is 1. The molecule has 2 rings (SSSR count). The first kappa shape index (κ1) is 14.3. The van der Waals surface area contributed by atoms with E-state index in [-0.39, 0.29) is 16.1 Å². The van der Waals surface area contributed by atoms with Crippen molar-refractivity contribution < 1.29 is 4.92 Å². The number of halogens is 1. The Labute approximate surface area is 118 Å². The van der Waals surface area contributed by atoms with Gasteiger partial charge in [-0.1, -0.05) is 24.9 Å². The molecule has 1 saturated carbocycles. The number of rotatable bonds is 4. The molecule has 2 unspecified atom stereocenters. The molecular weight excluding hydrogens is 264 g/mol. The molecule has 4 nitrogen and oxygen atoms in total. The average Bonchev–Trinajstić information content (AvgIpc) is 2.70. The summed E-state index contributed by atoms with van der Waals surface area (Å²) >= 11 is 5.94. The third-order valence-electron chi connectivity index (χ3n) is 4.10. The molecule has 1 fully saturated rings. The summed E-state index contributed by atoms with van der Waals surface area (Å²) in [4.78, 5) is 10.7. The molecule has 1 aromatic rings. The molecule has 5 heteroatoms. The van der Waals surface area contributed by atoms with Crippen LogP contribution in [0.1, 0.15) is 38.2 Å². The van der Waals surface area contributed by atoms with Crippen LogP contribution in [0.2, 0.25) is 5.02 Å². The van der Waals surface area contributed by atoms with Crippen LogP contribution in [0.5, 0.6) is 0 Å². The largest absolute Gasteiger partial charge is 0.325 e. The molecule has 19 heavy (non-hydrogen) atoms. The van der Waals surface area contributed by atoms with Crippen molar-refractivity contribution in [2.75, 3.05) is 0 Å². The van der Waals surface area contributed by atoms with Gasteiger partial charge in [-0.15, -0.1) is 0 Å². The lowest BCUT2D eigenvalue weighted by molar-refractivity contribution is -0.385. The van der Waals surface area contributed by atoms with Gasteiger partial charge >= 0.3 is 0 Å². The Morgan fingerprint density at radius 3 is 2.89 bits per heavy atom. The van der Waals surface area contributed by atoms with Crippen molar-refractivity contribution in [3.05, 3.63) is 38.9 Å². The normalized spacial score (nSPS) is 26.6. The Balaban J connectivity index is 2.23. The van der Waals surface area contributed by atoms with Crippen molar-refractivity contribution in [3.8, 4) is 0 Å². The number of benzene rings is 1. The van der Waals surface area contributed by atoms with Gasteiger partial charge in [-0.2, -0.15) is 0 Å². The van der Waals surface area contributed by atoms with E-state index in [2.05, 4.69) is 6.92 Å². The lowest BCUT2D eigenvalue weighted by Crippen LogP contribution is -2.39. The zero-order chi connectivity index (χ0) is 14.0. The molecule has 2 N–H and O–H groups in total. The number of hydrogen-bond donors (Lipinski definition) is 1. The summed E-state index contributed by atoms with van der Waals surface area (Å²) in [6, 6.07) is 4.69. The molecule has 1 aliphatic rings. The smallest absolute Gasteiger partial charge is 0.272 e. The van der Waals surface area contributed by atoms with Crippen LogP contribution in [0.3, 0.4) is 0 Å². The molecule has 0 spiro atoms. The lowest BCUT2D eigenvalue weighted by Gasteiger charge is -2.24. The van der Waals surface area contributed by atoms with Gasteiger partial charge in [-0.25, -0.2) is 0 Å². The molecule has 104 valence electrons. The fourth-order valence-corrected chi connectivity index (χ4v) is 3.23. The molecule has 0 bridgehead atoms. The maximum atomic E-state index is 11.1. The molecule has 0 aromatic heterocycles. The SMILES string of the molecule is CCC1CCC(N)(Cc2cc(Cl)ccc2[N+](=O)[O-])C1. The topological polar surface area (TPSA) is 69.2 Å². The Hall–Kier alpha value is -1.13. The van der Waals surface area contributed by atoms with Gasteiger partial charge in [0.2, 0.25) is 0 Å². The maximum Gasteiger partial charge on any atom is 0.272 e. The van der Waals surface area contributed by atoms with Crippen molar-refractivity contribution in [2.24, 2.45) is 11.7 Å². The first-order valence-electron chi connectivity index (χ1n) is 6.65. The monoisotopic (exact) mass is 282 g/mol. The summed E-state index contributed by atoms with van der Waals surface area (Å²) in [6.07, 6.45) is 4.63. The van der Waals surface area contributed by atoms with E-state index < -0.39 is 0 Å². The molecule has 1 aliphatic carbocycles. The Bertz CT molecular complexity index is 492. The maximum absolute atomic E-state index is 11.1. The highest BCUT2D eigenvalue weighted by molar-refractivity contribution is 6.30. The fourth-order valence-electron chi connectivity index (χ4n) is 3.03. The second-order valence-electron chi connectivity index (χ2n) is 5.59. The number of nitro groups is 1. The summed E-state index contributed by atoms with van der Waals surface area (Å²) in [5, 5.41) is 11.6. The average molecular weight is 283 g/mol. The van der Waals surface area contributed by atoms with Crippen molar-refractivity contribution in [1.29, 1.82) is 0 Å². The van der Waals surface area contributed by atoms with Gasteiger partial charge in [0.15, 0.2) is 0 Å². The van der Waals surface area contributed by atoms with Crippen LogP contribution in [0, 0.1) is 16.0 Å². The van der Waals surface area contributed by atoms with Gasteiger partial charge in [0.05, 0.1) is 4.92 Å². The highest BCUT2D eigenvalue weighted by Gasteiger charge is 2.36. The van der Waals surface area contributed by atoms with E-state index >= 15 is 0 Å². The van der Waals surface area contributed by atoms with E-state index in [9.17, 15) is 10.1 Å². The van der Waals surface area contributed by atoms with Crippen LogP contribution < -0.4 is 5.73 Å². The van der Waals surface area contributed by atoms with Crippen molar-refractivity contribution in [3.63, 3.8) is 0 Å². The third kappa shape index (κ3) is 3.25. The number of nitrogens with two attached hydrogens (primary N) is 1. The van der Waals surface area contributed by atoms with Crippen LogP contribution in [-0.2, 0) is 6.42 Å². The highest BCUT2D eigenvalue weighted by atomic mass is 35.5. The van der Waals surface area contributed by atoms with E-state index in [4.69, 9.17) is 17.3 Å². The first-order chi connectivity index (χ1) is 8.93. The highest BCUT2D eigenvalue weighted by Crippen LogP contribution is 2.38. The fraction of sp³-hybridized carbons (Fsp3) is 0.571. The lowest BCUT2D eigenvalue weighted by atomic mass is 9.88. The molecule has 0 saturated heterocycles. The zero-order valence-corrected chi connectivity index (χ0v) is 11.8. The third-order valence-corrected chi connectivity index (χ3v) is 4.34.